The lowest BCUT2D eigenvalue weighted by Crippen LogP contribution is -2.19. The summed E-state index contributed by atoms with van der Waals surface area (Å²) in [7, 11) is 0. The van der Waals surface area contributed by atoms with Crippen LogP contribution in [0.25, 0.3) is 22.3 Å². The highest BCUT2D eigenvalue weighted by Crippen LogP contribution is 2.31. The Bertz CT molecular complexity index is 1290. The summed E-state index contributed by atoms with van der Waals surface area (Å²) < 4.78 is 0. The second-order valence-corrected chi connectivity index (χ2v) is 12.0. The SMILES string of the molecule is Cc1ccc(-c2cc(C)nc(CC(C)C)c2CNCc2c(-c3ccc(C)cc3)cc(C)nc2CC(C)C)cc1. The van der Waals surface area contributed by atoms with Crippen LogP contribution in [0.3, 0.4) is 0 Å². The van der Waals surface area contributed by atoms with Crippen molar-refractivity contribution in [2.75, 3.05) is 0 Å². The standard InChI is InChI=1S/C36H45N3/c1-23(2)17-35-33(31(19-27(7)38-35)29-13-9-25(5)10-14-29)21-37-22-34-32(30-15-11-26(6)12-16-30)20-28(8)39-36(34)18-24(3)4/h9-16,19-20,23-24,37H,17-18,21-22H2,1-8H3. The van der Waals surface area contributed by atoms with Crippen LogP contribution in [0.5, 0.6) is 0 Å². The van der Waals surface area contributed by atoms with Crippen molar-refractivity contribution in [3.63, 3.8) is 0 Å². The first-order valence-corrected chi connectivity index (χ1v) is 14.4. The molecule has 0 aliphatic heterocycles. The Kier molecular flexibility index (Phi) is 9.35. The summed E-state index contributed by atoms with van der Waals surface area (Å²) in [5, 5.41) is 3.85. The van der Waals surface area contributed by atoms with E-state index in [4.69, 9.17) is 9.97 Å². The molecular weight excluding hydrogens is 474 g/mol. The second-order valence-electron chi connectivity index (χ2n) is 12.0. The van der Waals surface area contributed by atoms with Crippen LogP contribution in [0.15, 0.2) is 60.7 Å². The maximum absolute atomic E-state index is 5.03. The van der Waals surface area contributed by atoms with E-state index in [1.807, 2.05) is 0 Å². The minimum absolute atomic E-state index is 0.538. The third-order valence-corrected chi connectivity index (χ3v) is 7.21. The van der Waals surface area contributed by atoms with Crippen LogP contribution in [0.1, 0.15) is 72.7 Å². The topological polar surface area (TPSA) is 37.8 Å². The number of nitrogens with one attached hydrogen (secondary N) is 1. The summed E-state index contributed by atoms with van der Waals surface area (Å²) in [6.45, 7) is 19.1. The van der Waals surface area contributed by atoms with Gasteiger partial charge in [0, 0.05) is 35.9 Å². The highest BCUT2D eigenvalue weighted by Gasteiger charge is 2.17. The van der Waals surface area contributed by atoms with Gasteiger partial charge in [0.25, 0.3) is 0 Å². The Labute approximate surface area is 236 Å². The minimum Gasteiger partial charge on any atom is -0.308 e. The van der Waals surface area contributed by atoms with Crippen molar-refractivity contribution in [1.82, 2.24) is 15.3 Å². The number of rotatable bonds is 10. The molecule has 3 heteroatoms. The fraction of sp³-hybridized carbons (Fsp3) is 0.389. The van der Waals surface area contributed by atoms with Crippen molar-refractivity contribution in [1.29, 1.82) is 0 Å². The summed E-state index contributed by atoms with van der Waals surface area (Å²) in [5.41, 5.74) is 14.8. The van der Waals surface area contributed by atoms with Gasteiger partial charge in [0.1, 0.15) is 0 Å². The van der Waals surface area contributed by atoms with E-state index in [0.29, 0.717) is 11.8 Å². The highest BCUT2D eigenvalue weighted by molar-refractivity contribution is 5.70. The monoisotopic (exact) mass is 519 g/mol. The summed E-state index contributed by atoms with van der Waals surface area (Å²) in [4.78, 5) is 10.1. The zero-order chi connectivity index (χ0) is 28.1. The Hall–Kier alpha value is -3.30. The van der Waals surface area contributed by atoms with Gasteiger partial charge in [-0.05, 0) is 97.9 Å². The number of aromatic nitrogens is 2. The van der Waals surface area contributed by atoms with Crippen molar-refractivity contribution in [2.24, 2.45) is 11.8 Å². The Morgan fingerprint density at radius 3 is 1.26 bits per heavy atom. The van der Waals surface area contributed by atoms with Gasteiger partial charge in [-0.2, -0.15) is 0 Å². The third-order valence-electron chi connectivity index (χ3n) is 7.21. The number of hydrogen-bond donors (Lipinski definition) is 1. The number of nitrogens with zero attached hydrogens (tertiary/aromatic N) is 2. The summed E-state index contributed by atoms with van der Waals surface area (Å²) in [6.07, 6.45) is 1.94. The van der Waals surface area contributed by atoms with Gasteiger partial charge >= 0.3 is 0 Å². The first-order chi connectivity index (χ1) is 18.6. The first-order valence-electron chi connectivity index (χ1n) is 14.4. The molecule has 0 radical (unpaired) electrons. The smallest absolute Gasteiger partial charge is 0.0460 e. The summed E-state index contributed by atoms with van der Waals surface area (Å²) >= 11 is 0. The summed E-state index contributed by atoms with van der Waals surface area (Å²) in [5.74, 6) is 1.08. The molecule has 0 atom stereocenters. The summed E-state index contributed by atoms with van der Waals surface area (Å²) in [6, 6.07) is 22.3. The number of pyridine rings is 2. The predicted molar refractivity (Wildman–Crippen MR) is 166 cm³/mol. The van der Waals surface area contributed by atoms with Crippen molar-refractivity contribution in [3.8, 4) is 22.3 Å². The van der Waals surface area contributed by atoms with Gasteiger partial charge in [0.05, 0.1) is 0 Å². The maximum atomic E-state index is 5.03. The van der Waals surface area contributed by atoms with Gasteiger partial charge in [-0.15, -0.1) is 0 Å². The van der Waals surface area contributed by atoms with Crippen molar-refractivity contribution >= 4 is 0 Å². The van der Waals surface area contributed by atoms with Crippen LogP contribution >= 0.6 is 0 Å². The number of benzene rings is 2. The average Bonchev–Trinajstić information content (AvgIpc) is 2.86. The lowest BCUT2D eigenvalue weighted by molar-refractivity contribution is 0.606. The van der Waals surface area contributed by atoms with Crippen molar-refractivity contribution in [2.45, 2.75) is 81.3 Å². The van der Waals surface area contributed by atoms with Gasteiger partial charge in [0.2, 0.25) is 0 Å². The van der Waals surface area contributed by atoms with Crippen LogP contribution in [0, 0.1) is 39.5 Å². The van der Waals surface area contributed by atoms with E-state index < -0.39 is 0 Å². The van der Waals surface area contributed by atoms with Crippen molar-refractivity contribution < 1.29 is 0 Å². The molecule has 0 amide bonds. The highest BCUT2D eigenvalue weighted by atomic mass is 14.9. The molecule has 0 aliphatic rings. The molecule has 204 valence electrons. The van der Waals surface area contributed by atoms with Crippen LogP contribution in [-0.4, -0.2) is 9.97 Å². The van der Waals surface area contributed by atoms with Gasteiger partial charge in [-0.1, -0.05) is 87.4 Å². The van der Waals surface area contributed by atoms with Gasteiger partial charge in [0.15, 0.2) is 0 Å². The first kappa shape index (κ1) is 28.7. The lowest BCUT2D eigenvalue weighted by atomic mass is 9.92. The molecule has 0 bridgehead atoms. The Morgan fingerprint density at radius 1 is 0.564 bits per heavy atom. The van der Waals surface area contributed by atoms with E-state index >= 15 is 0 Å². The molecule has 2 aromatic heterocycles. The fourth-order valence-electron chi connectivity index (χ4n) is 5.33. The Balaban J connectivity index is 1.73. The lowest BCUT2D eigenvalue weighted by Gasteiger charge is -2.20. The van der Waals surface area contributed by atoms with Crippen LogP contribution in [-0.2, 0) is 25.9 Å². The molecule has 1 N–H and O–H groups in total. The van der Waals surface area contributed by atoms with E-state index in [0.717, 1.165) is 37.3 Å². The number of hydrogen-bond acceptors (Lipinski definition) is 3. The van der Waals surface area contributed by atoms with Crippen LogP contribution < -0.4 is 5.32 Å². The third kappa shape index (κ3) is 7.42. The van der Waals surface area contributed by atoms with Crippen LogP contribution in [0.2, 0.25) is 0 Å². The molecule has 2 aromatic carbocycles. The molecule has 0 unspecified atom stereocenters. The molecule has 4 aromatic rings. The van der Waals surface area contributed by atoms with Crippen molar-refractivity contribution in [3.05, 3.63) is 106 Å². The molecule has 3 nitrogen and oxygen atoms in total. The average molecular weight is 520 g/mol. The molecule has 4 rings (SSSR count). The predicted octanol–water partition coefficient (Wildman–Crippen LogP) is 8.73. The molecule has 0 aliphatic carbocycles. The number of aryl methyl sites for hydroxylation is 4. The zero-order valence-electron chi connectivity index (χ0n) is 25.2. The molecule has 2 heterocycles. The van der Waals surface area contributed by atoms with E-state index in [-0.39, 0.29) is 0 Å². The minimum atomic E-state index is 0.538. The molecule has 0 fully saturated rings. The van der Waals surface area contributed by atoms with Gasteiger partial charge in [-0.25, -0.2) is 0 Å². The zero-order valence-corrected chi connectivity index (χ0v) is 25.2. The van der Waals surface area contributed by atoms with Crippen LogP contribution in [0.4, 0.5) is 0 Å². The molecule has 0 saturated carbocycles. The quantitative estimate of drug-likeness (QED) is 0.228. The second kappa shape index (κ2) is 12.7. The van der Waals surface area contributed by atoms with E-state index in [9.17, 15) is 0 Å². The van der Waals surface area contributed by atoms with E-state index in [2.05, 4.69) is 121 Å². The molecule has 39 heavy (non-hydrogen) atoms. The maximum Gasteiger partial charge on any atom is 0.0460 e. The normalized spacial score (nSPS) is 11.5. The van der Waals surface area contributed by atoms with E-state index in [1.165, 1.54) is 55.9 Å². The van der Waals surface area contributed by atoms with E-state index in [1.54, 1.807) is 0 Å². The largest absolute Gasteiger partial charge is 0.308 e. The van der Waals surface area contributed by atoms with Gasteiger partial charge in [-0.3, -0.25) is 9.97 Å². The van der Waals surface area contributed by atoms with Gasteiger partial charge < -0.3 is 5.32 Å². The molecule has 0 saturated heterocycles. The molecular formula is C36H45N3. The Morgan fingerprint density at radius 2 is 0.923 bits per heavy atom. The fourth-order valence-corrected chi connectivity index (χ4v) is 5.33. The molecule has 0 spiro atoms.